The Hall–Kier alpha value is -1.92. The van der Waals surface area contributed by atoms with Gasteiger partial charge in [0.25, 0.3) is 0 Å². The van der Waals surface area contributed by atoms with Crippen molar-refractivity contribution >= 4 is 12.2 Å². The lowest BCUT2D eigenvalue weighted by atomic mass is 10.00. The number of nitrogens with one attached hydrogen (secondary N) is 1. The highest BCUT2D eigenvalue weighted by molar-refractivity contribution is 7.71. The van der Waals surface area contributed by atoms with Gasteiger partial charge in [-0.1, -0.05) is 13.0 Å². The number of likely N-dealkylation sites (tertiary alicyclic amines) is 1. The van der Waals surface area contributed by atoms with Gasteiger partial charge in [-0.3, -0.25) is 4.57 Å². The van der Waals surface area contributed by atoms with Crippen molar-refractivity contribution in [2.24, 2.45) is 5.92 Å². The fourth-order valence-electron chi connectivity index (χ4n) is 3.33. The van der Waals surface area contributed by atoms with Crippen LogP contribution < -0.4 is 9.64 Å². The van der Waals surface area contributed by atoms with Gasteiger partial charge in [0.1, 0.15) is 5.75 Å². The van der Waals surface area contributed by atoms with Crippen molar-refractivity contribution in [3.05, 3.63) is 41.7 Å². The summed E-state index contributed by atoms with van der Waals surface area (Å²) in [4.78, 5) is 1.55. The highest BCUT2D eigenvalue weighted by Gasteiger charge is 2.21. The summed E-state index contributed by atoms with van der Waals surface area (Å²) in [6.07, 6.45) is 4.42. The first-order valence-corrected chi connectivity index (χ1v) is 9.29. The summed E-state index contributed by atoms with van der Waals surface area (Å²) >= 11 is 5.70. The van der Waals surface area contributed by atoms with Gasteiger partial charge >= 0.3 is 0 Å². The van der Waals surface area contributed by atoms with Crippen LogP contribution in [0.3, 0.4) is 0 Å². The maximum Gasteiger partial charge on any atom is 0.203 e. The predicted molar refractivity (Wildman–Crippen MR) is 102 cm³/mol. The lowest BCUT2D eigenvalue weighted by Gasteiger charge is -2.26. The molecular weight excluding hydrogens is 332 g/mol. The van der Waals surface area contributed by atoms with Crippen LogP contribution in [0.1, 0.15) is 19.8 Å². The fraction of sp³-hybridized carbons (Fsp3) is 0.474. The van der Waals surface area contributed by atoms with Gasteiger partial charge in [-0.05, 0) is 55.2 Å². The Balaban J connectivity index is 1.89. The minimum absolute atomic E-state index is 0.659. The largest absolute Gasteiger partial charge is 0.497 e. The molecule has 0 radical (unpaired) electrons. The minimum Gasteiger partial charge on any atom is -0.497 e. The van der Waals surface area contributed by atoms with E-state index in [1.165, 1.54) is 25.9 Å². The number of rotatable bonds is 6. The van der Waals surface area contributed by atoms with Crippen LogP contribution in [-0.4, -0.2) is 34.5 Å². The van der Waals surface area contributed by atoms with Crippen LogP contribution in [0.5, 0.6) is 5.75 Å². The molecule has 0 spiro atoms. The van der Waals surface area contributed by atoms with Crippen LogP contribution >= 0.6 is 12.2 Å². The van der Waals surface area contributed by atoms with E-state index in [2.05, 4.69) is 18.1 Å². The van der Waals surface area contributed by atoms with E-state index in [4.69, 9.17) is 22.1 Å². The van der Waals surface area contributed by atoms with Crippen LogP contribution in [0.4, 0.5) is 0 Å². The number of nitrogens with zero attached hydrogens (tertiary/aromatic N) is 3. The zero-order valence-corrected chi connectivity index (χ0v) is 15.9. The van der Waals surface area contributed by atoms with E-state index in [-0.39, 0.29) is 0 Å². The molecule has 0 unspecified atom stereocenters. The molecule has 3 rings (SSSR count). The molecular formula is C19H27N4OS+. The van der Waals surface area contributed by atoms with E-state index < -0.39 is 0 Å². The van der Waals surface area contributed by atoms with Gasteiger partial charge in [-0.2, -0.15) is 4.68 Å². The molecule has 6 heteroatoms. The standard InChI is InChI=1S/C19H26N4OS/c1-4-11-22-18(16-5-7-17(24-3)8-6-16)20-23(19(22)25)14-21-12-9-15(2)10-13-21/h4-8,15H,1,9-14H2,2-3H3/p+1. The maximum absolute atomic E-state index is 5.70. The van der Waals surface area contributed by atoms with Gasteiger partial charge in [0.15, 0.2) is 12.5 Å². The Morgan fingerprint density at radius 3 is 2.60 bits per heavy atom. The van der Waals surface area contributed by atoms with Gasteiger partial charge in [-0.25, -0.2) is 0 Å². The van der Waals surface area contributed by atoms with Crippen molar-refractivity contribution in [1.29, 1.82) is 0 Å². The summed E-state index contributed by atoms with van der Waals surface area (Å²) in [7, 11) is 1.67. The van der Waals surface area contributed by atoms with Crippen LogP contribution in [0.2, 0.25) is 0 Å². The average Bonchev–Trinajstić information content (AvgIpc) is 2.94. The second-order valence-corrected chi connectivity index (χ2v) is 7.19. The molecule has 0 bridgehead atoms. The number of quaternary nitrogens is 1. The molecule has 2 aromatic rings. The van der Waals surface area contributed by atoms with Gasteiger partial charge in [0.05, 0.1) is 20.2 Å². The number of hydrogen-bond acceptors (Lipinski definition) is 3. The highest BCUT2D eigenvalue weighted by Crippen LogP contribution is 2.21. The summed E-state index contributed by atoms with van der Waals surface area (Å²) in [6, 6.07) is 7.95. The molecule has 1 fully saturated rings. The number of benzene rings is 1. The van der Waals surface area contributed by atoms with E-state index in [0.717, 1.165) is 34.5 Å². The normalized spacial score (nSPS) is 20.4. The zero-order valence-electron chi connectivity index (χ0n) is 15.1. The van der Waals surface area contributed by atoms with Crippen molar-refractivity contribution in [2.45, 2.75) is 33.0 Å². The first-order chi connectivity index (χ1) is 12.1. The fourth-order valence-corrected chi connectivity index (χ4v) is 3.60. The van der Waals surface area contributed by atoms with Crippen LogP contribution in [0.25, 0.3) is 11.4 Å². The molecule has 2 heterocycles. The average molecular weight is 360 g/mol. The molecule has 1 aliphatic heterocycles. The second-order valence-electron chi connectivity index (χ2n) is 6.82. The number of allylic oxidation sites excluding steroid dienone is 1. The third kappa shape index (κ3) is 4.02. The third-order valence-electron chi connectivity index (χ3n) is 4.94. The Morgan fingerprint density at radius 1 is 1.32 bits per heavy atom. The van der Waals surface area contributed by atoms with Crippen molar-refractivity contribution in [1.82, 2.24) is 14.3 Å². The van der Waals surface area contributed by atoms with Gasteiger partial charge in [0.2, 0.25) is 4.77 Å². The summed E-state index contributed by atoms with van der Waals surface area (Å²) in [5.74, 6) is 2.56. The molecule has 5 nitrogen and oxygen atoms in total. The van der Waals surface area contributed by atoms with Crippen LogP contribution in [0, 0.1) is 10.7 Å². The van der Waals surface area contributed by atoms with Crippen molar-refractivity contribution < 1.29 is 9.64 Å². The molecule has 0 atom stereocenters. The number of aromatic nitrogens is 3. The molecule has 0 amide bonds. The summed E-state index contributed by atoms with van der Waals surface area (Å²) in [6.45, 7) is 10.1. The molecule has 1 aromatic carbocycles. The Morgan fingerprint density at radius 2 is 2.00 bits per heavy atom. The topological polar surface area (TPSA) is 36.4 Å². The van der Waals surface area contributed by atoms with Crippen LogP contribution in [0.15, 0.2) is 36.9 Å². The number of piperidine rings is 1. The highest BCUT2D eigenvalue weighted by atomic mass is 32.1. The van der Waals surface area contributed by atoms with Crippen molar-refractivity contribution in [3.63, 3.8) is 0 Å². The van der Waals surface area contributed by atoms with E-state index in [1.807, 2.05) is 35.0 Å². The molecule has 0 saturated carbocycles. The lowest BCUT2D eigenvalue weighted by Crippen LogP contribution is -3.12. The van der Waals surface area contributed by atoms with Crippen LogP contribution in [-0.2, 0) is 13.2 Å². The minimum atomic E-state index is 0.659. The Kier molecular flexibility index (Phi) is 5.71. The third-order valence-corrected chi connectivity index (χ3v) is 5.37. The molecule has 1 saturated heterocycles. The zero-order chi connectivity index (χ0) is 17.8. The Bertz CT molecular complexity index is 770. The van der Waals surface area contributed by atoms with Gasteiger partial charge in [-0.15, -0.1) is 11.7 Å². The lowest BCUT2D eigenvalue weighted by molar-refractivity contribution is -0.929. The first-order valence-electron chi connectivity index (χ1n) is 8.89. The predicted octanol–water partition coefficient (Wildman–Crippen LogP) is 2.55. The molecule has 1 N–H and O–H groups in total. The van der Waals surface area contributed by atoms with E-state index in [1.54, 1.807) is 12.0 Å². The SMILES string of the molecule is C=CCn1c(-c2ccc(OC)cc2)nn(C[NH+]2CCC(C)CC2)c1=S. The van der Waals surface area contributed by atoms with Crippen molar-refractivity contribution in [2.75, 3.05) is 20.2 Å². The van der Waals surface area contributed by atoms with Crippen molar-refractivity contribution in [3.8, 4) is 17.1 Å². The van der Waals surface area contributed by atoms with Gasteiger partial charge < -0.3 is 9.64 Å². The molecule has 1 aromatic heterocycles. The van der Waals surface area contributed by atoms with E-state index in [0.29, 0.717) is 6.54 Å². The van der Waals surface area contributed by atoms with E-state index >= 15 is 0 Å². The second kappa shape index (κ2) is 7.97. The van der Waals surface area contributed by atoms with E-state index in [9.17, 15) is 0 Å². The molecule has 25 heavy (non-hydrogen) atoms. The summed E-state index contributed by atoms with van der Waals surface area (Å²) < 4.78 is 10.0. The first kappa shape index (κ1) is 17.9. The summed E-state index contributed by atoms with van der Waals surface area (Å²) in [5.41, 5.74) is 1.04. The number of methoxy groups -OCH3 is 1. The number of hydrogen-bond donors (Lipinski definition) is 1. The van der Waals surface area contributed by atoms with Gasteiger partial charge in [0, 0.05) is 12.1 Å². The molecule has 0 aliphatic carbocycles. The Labute approximate surface area is 154 Å². The molecule has 134 valence electrons. The quantitative estimate of drug-likeness (QED) is 0.636. The smallest absolute Gasteiger partial charge is 0.203 e. The maximum atomic E-state index is 5.70. The molecule has 1 aliphatic rings. The summed E-state index contributed by atoms with van der Waals surface area (Å²) in [5, 5.41) is 4.83. The number of ether oxygens (including phenoxy) is 1. The monoisotopic (exact) mass is 359 g/mol.